The van der Waals surface area contributed by atoms with E-state index in [0.717, 1.165) is 12.0 Å². The molecule has 0 aromatic carbocycles. The van der Waals surface area contributed by atoms with E-state index in [1.54, 1.807) is 0 Å². The van der Waals surface area contributed by atoms with Crippen LogP contribution >= 0.6 is 11.6 Å². The van der Waals surface area contributed by atoms with Gasteiger partial charge in [0, 0.05) is 0 Å². The zero-order chi connectivity index (χ0) is 9.07. The Hall–Kier alpha value is -0.300. The molecule has 64 valence electrons. The fourth-order valence-corrected chi connectivity index (χ4v) is 1.27. The monoisotopic (exact) mass is 174 g/mol. The number of halogens is 1. The molecule has 0 saturated heterocycles. The summed E-state index contributed by atoms with van der Waals surface area (Å²) in [5.41, 5.74) is 1.27. The summed E-state index contributed by atoms with van der Waals surface area (Å²) in [6, 6.07) is 0. The minimum atomic E-state index is -0.383. The Kier molecular flexibility index (Phi) is 3.81. The Balaban J connectivity index is 4.07. The number of rotatable bonds is 2. The lowest BCUT2D eigenvalue weighted by Gasteiger charge is -2.17. The number of hydrogen-bond donors (Lipinski definition) is 0. The van der Waals surface area contributed by atoms with Crippen LogP contribution in [0.5, 0.6) is 0 Å². The molecule has 0 unspecified atom stereocenters. The highest BCUT2D eigenvalue weighted by molar-refractivity contribution is 6.66. The Morgan fingerprint density at radius 2 is 1.91 bits per heavy atom. The molecule has 0 aromatic rings. The van der Waals surface area contributed by atoms with Gasteiger partial charge in [-0.1, -0.05) is 26.3 Å². The molecule has 2 heteroatoms. The molecule has 0 aliphatic heterocycles. The standard InChI is InChI=1S/C9H15ClO/c1-7(5-8(10)11)6-9(2,3)4/h5H,6H2,1-4H3. The molecule has 0 radical (unpaired) electrons. The van der Waals surface area contributed by atoms with Crippen LogP contribution in [0, 0.1) is 5.41 Å². The molecule has 0 bridgehead atoms. The van der Waals surface area contributed by atoms with Gasteiger partial charge in [0.05, 0.1) is 0 Å². The average molecular weight is 175 g/mol. The maximum Gasteiger partial charge on any atom is 0.245 e. The van der Waals surface area contributed by atoms with Crippen LogP contribution in [0.25, 0.3) is 0 Å². The van der Waals surface area contributed by atoms with Gasteiger partial charge in [-0.3, -0.25) is 4.79 Å². The zero-order valence-electron chi connectivity index (χ0n) is 7.57. The first-order valence-electron chi connectivity index (χ1n) is 3.68. The summed E-state index contributed by atoms with van der Waals surface area (Å²) in [6.45, 7) is 8.31. The van der Waals surface area contributed by atoms with Gasteiger partial charge in [-0.25, -0.2) is 0 Å². The van der Waals surface area contributed by atoms with Crippen molar-refractivity contribution < 1.29 is 4.79 Å². The third kappa shape index (κ3) is 7.60. The summed E-state index contributed by atoms with van der Waals surface area (Å²) in [7, 11) is 0. The van der Waals surface area contributed by atoms with Crippen molar-refractivity contribution in [2.75, 3.05) is 0 Å². The van der Waals surface area contributed by atoms with Crippen LogP contribution in [0.2, 0.25) is 0 Å². The second-order valence-corrected chi connectivity index (χ2v) is 4.40. The molecule has 0 atom stereocenters. The third-order valence-electron chi connectivity index (χ3n) is 1.17. The van der Waals surface area contributed by atoms with Crippen molar-refractivity contribution >= 4 is 16.8 Å². The molecular weight excluding hydrogens is 160 g/mol. The van der Waals surface area contributed by atoms with E-state index in [9.17, 15) is 4.79 Å². The largest absolute Gasteiger partial charge is 0.276 e. The van der Waals surface area contributed by atoms with Crippen LogP contribution in [0.3, 0.4) is 0 Å². The first-order chi connectivity index (χ1) is 4.81. The maximum atomic E-state index is 10.4. The molecule has 0 amide bonds. The molecule has 0 N–H and O–H groups in total. The van der Waals surface area contributed by atoms with Crippen molar-refractivity contribution in [1.29, 1.82) is 0 Å². The summed E-state index contributed by atoms with van der Waals surface area (Å²) in [6.07, 6.45) is 2.39. The average Bonchev–Trinajstić information content (AvgIpc) is 1.53. The first kappa shape index (κ1) is 10.7. The van der Waals surface area contributed by atoms with Gasteiger partial charge in [-0.2, -0.15) is 0 Å². The molecule has 0 aromatic heterocycles. The lowest BCUT2D eigenvalue weighted by molar-refractivity contribution is -0.107. The highest BCUT2D eigenvalue weighted by atomic mass is 35.5. The minimum absolute atomic E-state index is 0.229. The van der Waals surface area contributed by atoms with Crippen molar-refractivity contribution in [3.63, 3.8) is 0 Å². The lowest BCUT2D eigenvalue weighted by Crippen LogP contribution is -2.05. The molecule has 0 fully saturated rings. The molecule has 0 aliphatic rings. The minimum Gasteiger partial charge on any atom is -0.276 e. The molecule has 0 rings (SSSR count). The Morgan fingerprint density at radius 3 is 2.18 bits per heavy atom. The summed E-state index contributed by atoms with van der Waals surface area (Å²) < 4.78 is 0. The Labute approximate surface area is 73.4 Å². The van der Waals surface area contributed by atoms with E-state index in [4.69, 9.17) is 11.6 Å². The van der Waals surface area contributed by atoms with Crippen molar-refractivity contribution in [3.8, 4) is 0 Å². The fourth-order valence-electron chi connectivity index (χ4n) is 1.08. The topological polar surface area (TPSA) is 17.1 Å². The van der Waals surface area contributed by atoms with E-state index in [1.807, 2.05) is 6.92 Å². The maximum absolute atomic E-state index is 10.4. The third-order valence-corrected chi connectivity index (χ3v) is 1.28. The Morgan fingerprint density at radius 1 is 1.45 bits per heavy atom. The highest BCUT2D eigenvalue weighted by Gasteiger charge is 2.10. The van der Waals surface area contributed by atoms with Crippen molar-refractivity contribution in [1.82, 2.24) is 0 Å². The fraction of sp³-hybridized carbons (Fsp3) is 0.667. The smallest absolute Gasteiger partial charge is 0.245 e. The molecule has 0 spiro atoms. The molecule has 0 heterocycles. The van der Waals surface area contributed by atoms with E-state index < -0.39 is 0 Å². The first-order valence-corrected chi connectivity index (χ1v) is 4.06. The van der Waals surface area contributed by atoms with Crippen LogP contribution in [0.15, 0.2) is 11.6 Å². The van der Waals surface area contributed by atoms with Crippen LogP contribution in [-0.4, -0.2) is 5.24 Å². The van der Waals surface area contributed by atoms with Crippen LogP contribution in [0.1, 0.15) is 34.1 Å². The predicted molar refractivity (Wildman–Crippen MR) is 48.7 cm³/mol. The van der Waals surface area contributed by atoms with Gasteiger partial charge in [-0.05, 0) is 36.4 Å². The van der Waals surface area contributed by atoms with Crippen molar-refractivity contribution in [2.24, 2.45) is 5.41 Å². The number of carbonyl (C=O) groups is 1. The van der Waals surface area contributed by atoms with Gasteiger partial charge in [-0.15, -0.1) is 0 Å². The van der Waals surface area contributed by atoms with Crippen LogP contribution < -0.4 is 0 Å². The zero-order valence-corrected chi connectivity index (χ0v) is 8.33. The van der Waals surface area contributed by atoms with E-state index in [1.165, 1.54) is 6.08 Å². The van der Waals surface area contributed by atoms with Crippen molar-refractivity contribution in [3.05, 3.63) is 11.6 Å². The summed E-state index contributed by atoms with van der Waals surface area (Å²) in [4.78, 5) is 10.4. The number of hydrogen-bond acceptors (Lipinski definition) is 1. The summed E-state index contributed by atoms with van der Waals surface area (Å²) in [5, 5.41) is -0.383. The normalized spacial score (nSPS) is 13.4. The van der Waals surface area contributed by atoms with Gasteiger partial charge >= 0.3 is 0 Å². The van der Waals surface area contributed by atoms with Gasteiger partial charge in [0.15, 0.2) is 0 Å². The highest BCUT2D eigenvalue weighted by Crippen LogP contribution is 2.23. The van der Waals surface area contributed by atoms with Crippen molar-refractivity contribution in [2.45, 2.75) is 34.1 Å². The second-order valence-electron chi connectivity index (χ2n) is 4.03. The molecule has 0 aliphatic carbocycles. The van der Waals surface area contributed by atoms with Gasteiger partial charge < -0.3 is 0 Å². The lowest BCUT2D eigenvalue weighted by atomic mass is 9.88. The summed E-state index contributed by atoms with van der Waals surface area (Å²) >= 11 is 5.19. The van der Waals surface area contributed by atoms with E-state index in [-0.39, 0.29) is 10.7 Å². The van der Waals surface area contributed by atoms with E-state index in [2.05, 4.69) is 20.8 Å². The SMILES string of the molecule is CC(=CC(=O)Cl)CC(C)(C)C. The molecule has 1 nitrogen and oxygen atoms in total. The van der Waals surface area contributed by atoms with Gasteiger partial charge in [0.25, 0.3) is 0 Å². The molecule has 0 saturated carbocycles. The molecular formula is C9H15ClO. The number of carbonyl (C=O) groups excluding carboxylic acids is 1. The van der Waals surface area contributed by atoms with Gasteiger partial charge in [0.2, 0.25) is 5.24 Å². The quantitative estimate of drug-likeness (QED) is 0.465. The van der Waals surface area contributed by atoms with E-state index in [0.29, 0.717) is 0 Å². The summed E-state index contributed by atoms with van der Waals surface area (Å²) in [5.74, 6) is 0. The number of allylic oxidation sites excluding steroid dienone is 2. The predicted octanol–water partition coefficient (Wildman–Crippen LogP) is 3.13. The second kappa shape index (κ2) is 3.91. The Bertz CT molecular complexity index is 174. The van der Waals surface area contributed by atoms with Crippen LogP contribution in [-0.2, 0) is 4.79 Å². The molecule has 11 heavy (non-hydrogen) atoms. The van der Waals surface area contributed by atoms with Crippen LogP contribution in [0.4, 0.5) is 0 Å². The van der Waals surface area contributed by atoms with Gasteiger partial charge in [0.1, 0.15) is 0 Å². The van der Waals surface area contributed by atoms with E-state index >= 15 is 0 Å².